The van der Waals surface area contributed by atoms with Gasteiger partial charge in [-0.05, 0) is 18.2 Å². The Labute approximate surface area is 111 Å². The molecule has 0 radical (unpaired) electrons. The van der Waals surface area contributed by atoms with Gasteiger partial charge in [-0.15, -0.1) is 12.4 Å². The summed E-state index contributed by atoms with van der Waals surface area (Å²) in [5.41, 5.74) is 11.4. The summed E-state index contributed by atoms with van der Waals surface area (Å²) in [5, 5.41) is 0.458. The molecule has 0 heterocycles. The number of anilines is 1. The van der Waals surface area contributed by atoms with Gasteiger partial charge < -0.3 is 16.4 Å². The van der Waals surface area contributed by atoms with E-state index in [-0.39, 0.29) is 18.4 Å². The maximum atomic E-state index is 11.7. The Morgan fingerprint density at radius 3 is 2.41 bits per heavy atom. The molecule has 7 heteroatoms. The molecule has 94 valence electrons. The fourth-order valence-electron chi connectivity index (χ4n) is 1.25. The highest BCUT2D eigenvalue weighted by molar-refractivity contribution is 6.31. The summed E-state index contributed by atoms with van der Waals surface area (Å²) in [6.07, 6.45) is 0. The number of amides is 1. The van der Waals surface area contributed by atoms with Crippen LogP contribution in [0.4, 0.5) is 5.69 Å². The molecule has 0 spiro atoms. The van der Waals surface area contributed by atoms with Crippen LogP contribution in [0.2, 0.25) is 5.02 Å². The minimum atomic E-state index is -0.508. The zero-order chi connectivity index (χ0) is 12.3. The third-order valence-corrected chi connectivity index (χ3v) is 2.14. The first-order valence-electron chi connectivity index (χ1n) is 4.52. The maximum Gasteiger partial charge on any atom is 0.282 e. The van der Waals surface area contributed by atoms with E-state index in [9.17, 15) is 4.79 Å². The highest BCUT2D eigenvalue weighted by Gasteiger charge is 2.13. The lowest BCUT2D eigenvalue weighted by molar-refractivity contribution is 0.100. The second-order valence-corrected chi connectivity index (χ2v) is 3.83. The molecule has 0 unspecified atom stereocenters. The number of halogens is 2. The van der Waals surface area contributed by atoms with E-state index in [0.717, 1.165) is 0 Å². The van der Waals surface area contributed by atoms with Crippen LogP contribution in [0.3, 0.4) is 0 Å². The second kappa shape index (κ2) is 6.32. The Balaban J connectivity index is 0.00000256. The van der Waals surface area contributed by atoms with Crippen LogP contribution in [0.1, 0.15) is 10.4 Å². The van der Waals surface area contributed by atoms with Crippen molar-refractivity contribution in [3.63, 3.8) is 0 Å². The molecule has 0 aromatic heterocycles. The summed E-state index contributed by atoms with van der Waals surface area (Å²) in [7, 11) is 3.63. The standard InChI is InChI=1S/C10H13ClN4O.ClH/c1-15(2)8-4-3-6(11)5-7(8)9(16)14-10(12)13;/h3-5H,1-2H3,(H4,12,13,14,16);1H. The summed E-state index contributed by atoms with van der Waals surface area (Å²) < 4.78 is 0. The Kier molecular flexibility index (Phi) is 5.78. The molecule has 0 aliphatic rings. The largest absolute Gasteiger partial charge is 0.377 e. The summed E-state index contributed by atoms with van der Waals surface area (Å²) in [4.78, 5) is 17.0. The van der Waals surface area contributed by atoms with E-state index < -0.39 is 5.91 Å². The van der Waals surface area contributed by atoms with E-state index >= 15 is 0 Å². The topological polar surface area (TPSA) is 84.7 Å². The molecule has 0 saturated heterocycles. The molecule has 0 atom stereocenters. The zero-order valence-corrected chi connectivity index (χ0v) is 11.0. The third kappa shape index (κ3) is 4.13. The molecule has 0 fully saturated rings. The normalized spacial score (nSPS) is 9.12. The van der Waals surface area contributed by atoms with Crippen molar-refractivity contribution in [2.45, 2.75) is 0 Å². The van der Waals surface area contributed by atoms with E-state index in [1.165, 1.54) is 6.07 Å². The van der Waals surface area contributed by atoms with Crippen molar-refractivity contribution in [2.75, 3.05) is 19.0 Å². The van der Waals surface area contributed by atoms with E-state index in [1.54, 1.807) is 17.0 Å². The van der Waals surface area contributed by atoms with Crippen molar-refractivity contribution < 1.29 is 4.79 Å². The predicted octanol–water partition coefficient (Wildman–Crippen LogP) is 1.24. The number of rotatable bonds is 2. The molecule has 0 aliphatic carbocycles. The number of nitrogens with zero attached hydrogens (tertiary/aromatic N) is 2. The number of benzene rings is 1. The van der Waals surface area contributed by atoms with Crippen molar-refractivity contribution in [1.82, 2.24) is 0 Å². The van der Waals surface area contributed by atoms with Crippen LogP contribution in [0, 0.1) is 0 Å². The van der Waals surface area contributed by atoms with Crippen molar-refractivity contribution >= 4 is 41.6 Å². The van der Waals surface area contributed by atoms with Crippen molar-refractivity contribution in [2.24, 2.45) is 16.5 Å². The Hall–Kier alpha value is -1.46. The van der Waals surface area contributed by atoms with Gasteiger partial charge in [-0.2, -0.15) is 4.99 Å². The molecular formula is C10H14Cl2N4O. The fourth-order valence-corrected chi connectivity index (χ4v) is 1.42. The third-order valence-electron chi connectivity index (χ3n) is 1.90. The number of nitrogens with two attached hydrogens (primary N) is 2. The average Bonchev–Trinajstić information content (AvgIpc) is 2.15. The van der Waals surface area contributed by atoms with Crippen molar-refractivity contribution in [1.29, 1.82) is 0 Å². The van der Waals surface area contributed by atoms with Gasteiger partial charge in [0.05, 0.1) is 5.56 Å². The molecule has 17 heavy (non-hydrogen) atoms. The van der Waals surface area contributed by atoms with Crippen LogP contribution in [0.15, 0.2) is 23.2 Å². The quantitative estimate of drug-likeness (QED) is 0.629. The van der Waals surface area contributed by atoms with Gasteiger partial charge in [-0.1, -0.05) is 11.6 Å². The van der Waals surface area contributed by atoms with Crippen LogP contribution in [-0.2, 0) is 0 Å². The monoisotopic (exact) mass is 276 g/mol. The predicted molar refractivity (Wildman–Crippen MR) is 73.2 cm³/mol. The van der Waals surface area contributed by atoms with Gasteiger partial charge in [0.1, 0.15) is 0 Å². The van der Waals surface area contributed by atoms with Crippen molar-refractivity contribution in [3.05, 3.63) is 28.8 Å². The number of hydrogen-bond donors (Lipinski definition) is 2. The number of carbonyl (C=O) groups excluding carboxylic acids is 1. The summed E-state index contributed by atoms with van der Waals surface area (Å²) in [6.45, 7) is 0. The summed E-state index contributed by atoms with van der Waals surface area (Å²) >= 11 is 5.82. The molecule has 1 rings (SSSR count). The van der Waals surface area contributed by atoms with Gasteiger partial charge in [0.15, 0.2) is 5.96 Å². The number of carbonyl (C=O) groups is 1. The molecular weight excluding hydrogens is 263 g/mol. The van der Waals surface area contributed by atoms with Crippen LogP contribution in [0.5, 0.6) is 0 Å². The average molecular weight is 277 g/mol. The van der Waals surface area contributed by atoms with Crippen LogP contribution < -0.4 is 16.4 Å². The summed E-state index contributed by atoms with van der Waals surface area (Å²) in [6, 6.07) is 4.96. The molecule has 1 amide bonds. The van der Waals surface area contributed by atoms with E-state index in [2.05, 4.69) is 4.99 Å². The highest BCUT2D eigenvalue weighted by Crippen LogP contribution is 2.23. The summed E-state index contributed by atoms with van der Waals surface area (Å²) in [5.74, 6) is -0.777. The second-order valence-electron chi connectivity index (χ2n) is 3.40. The van der Waals surface area contributed by atoms with Crippen LogP contribution >= 0.6 is 24.0 Å². The Bertz CT molecular complexity index is 442. The van der Waals surface area contributed by atoms with Gasteiger partial charge in [0.25, 0.3) is 5.91 Å². The number of guanidine groups is 1. The van der Waals surface area contributed by atoms with E-state index in [0.29, 0.717) is 16.3 Å². The molecule has 0 bridgehead atoms. The fraction of sp³-hybridized carbons (Fsp3) is 0.200. The highest BCUT2D eigenvalue weighted by atomic mass is 35.5. The lowest BCUT2D eigenvalue weighted by atomic mass is 10.1. The Morgan fingerprint density at radius 2 is 1.94 bits per heavy atom. The minimum Gasteiger partial charge on any atom is -0.377 e. The first-order chi connectivity index (χ1) is 7.41. The molecule has 0 saturated carbocycles. The van der Waals surface area contributed by atoms with Gasteiger partial charge in [-0.25, -0.2) is 0 Å². The van der Waals surface area contributed by atoms with Gasteiger partial charge in [-0.3, -0.25) is 4.79 Å². The lowest BCUT2D eigenvalue weighted by Gasteiger charge is -2.15. The zero-order valence-electron chi connectivity index (χ0n) is 9.48. The molecule has 0 aliphatic heterocycles. The SMILES string of the molecule is CN(C)c1ccc(Cl)cc1C(=O)N=C(N)N.Cl. The van der Waals surface area contributed by atoms with E-state index in [1.807, 2.05) is 14.1 Å². The molecule has 4 N–H and O–H groups in total. The molecule has 1 aromatic carbocycles. The number of hydrogen-bond acceptors (Lipinski definition) is 2. The number of aliphatic imine (C=N–C) groups is 1. The maximum absolute atomic E-state index is 11.7. The van der Waals surface area contributed by atoms with Crippen LogP contribution in [-0.4, -0.2) is 26.0 Å². The minimum absolute atomic E-state index is 0. The van der Waals surface area contributed by atoms with Gasteiger partial charge in [0, 0.05) is 24.8 Å². The lowest BCUT2D eigenvalue weighted by Crippen LogP contribution is -2.24. The molecule has 5 nitrogen and oxygen atoms in total. The van der Waals surface area contributed by atoms with Gasteiger partial charge in [0.2, 0.25) is 0 Å². The van der Waals surface area contributed by atoms with Crippen molar-refractivity contribution in [3.8, 4) is 0 Å². The smallest absolute Gasteiger partial charge is 0.282 e. The van der Waals surface area contributed by atoms with Crippen LogP contribution in [0.25, 0.3) is 0 Å². The Morgan fingerprint density at radius 1 is 1.35 bits per heavy atom. The first kappa shape index (κ1) is 15.5. The molecule has 1 aromatic rings. The van der Waals surface area contributed by atoms with E-state index in [4.69, 9.17) is 23.1 Å². The first-order valence-corrected chi connectivity index (χ1v) is 4.90. The van der Waals surface area contributed by atoms with Gasteiger partial charge >= 0.3 is 0 Å².